The molecule has 3 N–H and O–H groups in total. The summed E-state index contributed by atoms with van der Waals surface area (Å²) >= 11 is 6.05. The van der Waals surface area contributed by atoms with E-state index in [4.69, 9.17) is 11.6 Å². The molecule has 0 atom stereocenters. The molecule has 0 spiro atoms. The normalized spacial score (nSPS) is 13.0. The van der Waals surface area contributed by atoms with Crippen LogP contribution in [0.5, 0.6) is 0 Å². The molecule has 2 heterocycles. The van der Waals surface area contributed by atoms with Gasteiger partial charge in [-0.05, 0) is 35.9 Å². The van der Waals surface area contributed by atoms with Crippen molar-refractivity contribution in [3.05, 3.63) is 52.7 Å². The van der Waals surface area contributed by atoms with Gasteiger partial charge in [0.1, 0.15) is 0 Å². The molecule has 7 heteroatoms. The van der Waals surface area contributed by atoms with Crippen molar-refractivity contribution < 1.29 is 9.59 Å². The van der Waals surface area contributed by atoms with Gasteiger partial charge in [0.05, 0.1) is 23.7 Å². The number of hydrogen-bond acceptors (Lipinski definition) is 3. The van der Waals surface area contributed by atoms with Crippen molar-refractivity contribution >= 4 is 45.7 Å². The Labute approximate surface area is 135 Å². The van der Waals surface area contributed by atoms with Crippen LogP contribution in [0.2, 0.25) is 5.02 Å². The lowest BCUT2D eigenvalue weighted by Crippen LogP contribution is -2.12. The van der Waals surface area contributed by atoms with Gasteiger partial charge in [0.25, 0.3) is 5.91 Å². The first-order valence-corrected chi connectivity index (χ1v) is 7.35. The fraction of sp³-hybridized carbons (Fsp3) is 0.0625. The number of aromatic amines is 1. The van der Waals surface area contributed by atoms with E-state index >= 15 is 0 Å². The fourth-order valence-corrected chi connectivity index (χ4v) is 2.93. The van der Waals surface area contributed by atoms with Crippen LogP contribution in [-0.2, 0) is 11.2 Å². The van der Waals surface area contributed by atoms with Crippen molar-refractivity contribution in [1.29, 1.82) is 0 Å². The Balaban J connectivity index is 1.66. The SMILES string of the molecule is O=C1Cc2cc(NC(=O)c3cc(Cl)cc4[nH]ncc34)ccc2N1. The van der Waals surface area contributed by atoms with Gasteiger partial charge < -0.3 is 10.6 Å². The molecule has 0 bridgehead atoms. The lowest BCUT2D eigenvalue weighted by atomic mass is 10.1. The minimum absolute atomic E-state index is 0.0431. The summed E-state index contributed by atoms with van der Waals surface area (Å²) in [6, 6.07) is 8.64. The molecular weight excluding hydrogens is 316 g/mol. The van der Waals surface area contributed by atoms with Crippen LogP contribution in [0.3, 0.4) is 0 Å². The van der Waals surface area contributed by atoms with Gasteiger partial charge in [0.2, 0.25) is 5.91 Å². The number of benzene rings is 2. The zero-order valence-corrected chi connectivity index (χ0v) is 12.6. The van der Waals surface area contributed by atoms with Gasteiger partial charge in [-0.25, -0.2) is 0 Å². The van der Waals surface area contributed by atoms with Crippen LogP contribution in [0, 0.1) is 0 Å². The number of H-pyrrole nitrogens is 1. The first-order chi connectivity index (χ1) is 11.1. The lowest BCUT2D eigenvalue weighted by Gasteiger charge is -2.08. The van der Waals surface area contributed by atoms with Crippen molar-refractivity contribution in [2.24, 2.45) is 0 Å². The van der Waals surface area contributed by atoms with Gasteiger partial charge in [-0.2, -0.15) is 5.10 Å². The molecule has 0 radical (unpaired) electrons. The van der Waals surface area contributed by atoms with E-state index in [0.717, 1.165) is 11.3 Å². The fourth-order valence-electron chi connectivity index (χ4n) is 2.71. The maximum absolute atomic E-state index is 12.5. The minimum atomic E-state index is -0.281. The summed E-state index contributed by atoms with van der Waals surface area (Å²) < 4.78 is 0. The largest absolute Gasteiger partial charge is 0.326 e. The molecule has 1 aliphatic rings. The third kappa shape index (κ3) is 2.43. The summed E-state index contributed by atoms with van der Waals surface area (Å²) in [7, 11) is 0. The van der Waals surface area contributed by atoms with Gasteiger partial charge >= 0.3 is 0 Å². The molecule has 4 rings (SSSR count). The van der Waals surface area contributed by atoms with E-state index in [1.165, 1.54) is 0 Å². The second kappa shape index (κ2) is 5.10. The summed E-state index contributed by atoms with van der Waals surface area (Å²) in [5.74, 6) is -0.324. The Morgan fingerprint density at radius 2 is 2.13 bits per heavy atom. The highest BCUT2D eigenvalue weighted by Gasteiger charge is 2.19. The molecule has 1 aromatic heterocycles. The summed E-state index contributed by atoms with van der Waals surface area (Å²) in [4.78, 5) is 23.9. The number of hydrogen-bond donors (Lipinski definition) is 3. The van der Waals surface area contributed by atoms with Crippen LogP contribution in [0.1, 0.15) is 15.9 Å². The minimum Gasteiger partial charge on any atom is -0.326 e. The van der Waals surface area contributed by atoms with E-state index in [-0.39, 0.29) is 11.8 Å². The highest BCUT2D eigenvalue weighted by molar-refractivity contribution is 6.32. The first kappa shape index (κ1) is 13.8. The highest BCUT2D eigenvalue weighted by atomic mass is 35.5. The molecule has 23 heavy (non-hydrogen) atoms. The molecule has 0 saturated heterocycles. The molecule has 2 aromatic carbocycles. The molecule has 2 amide bonds. The van der Waals surface area contributed by atoms with Crippen LogP contribution in [-0.4, -0.2) is 22.0 Å². The summed E-state index contributed by atoms with van der Waals surface area (Å²) in [5.41, 5.74) is 3.42. The van der Waals surface area contributed by atoms with Gasteiger partial charge in [-0.15, -0.1) is 0 Å². The Hall–Kier alpha value is -2.86. The molecule has 114 valence electrons. The molecular formula is C16H11ClN4O2. The topological polar surface area (TPSA) is 86.9 Å². The number of nitrogens with zero attached hydrogens (tertiary/aromatic N) is 1. The number of carbonyl (C=O) groups is 2. The van der Waals surface area contributed by atoms with Crippen LogP contribution in [0.4, 0.5) is 11.4 Å². The van der Waals surface area contributed by atoms with Gasteiger partial charge in [0, 0.05) is 21.8 Å². The molecule has 1 aliphatic heterocycles. The molecule has 3 aromatic rings. The Kier molecular flexibility index (Phi) is 3.06. The second-order valence-corrected chi connectivity index (χ2v) is 5.77. The van der Waals surface area contributed by atoms with E-state index in [1.54, 1.807) is 36.5 Å². The van der Waals surface area contributed by atoms with Gasteiger partial charge in [-0.1, -0.05) is 11.6 Å². The molecule has 0 unspecified atom stereocenters. The highest BCUT2D eigenvalue weighted by Crippen LogP contribution is 2.27. The van der Waals surface area contributed by atoms with Crippen molar-refractivity contribution in [2.75, 3.05) is 10.6 Å². The molecule has 0 fully saturated rings. The maximum atomic E-state index is 12.5. The lowest BCUT2D eigenvalue weighted by molar-refractivity contribution is -0.115. The Morgan fingerprint density at radius 1 is 1.26 bits per heavy atom. The third-order valence-electron chi connectivity index (χ3n) is 3.76. The average molecular weight is 327 g/mol. The van der Waals surface area contributed by atoms with E-state index in [1.807, 2.05) is 0 Å². The zero-order chi connectivity index (χ0) is 16.0. The number of anilines is 2. The van der Waals surface area contributed by atoms with Crippen LogP contribution in [0.15, 0.2) is 36.5 Å². The number of fused-ring (bicyclic) bond motifs is 2. The number of rotatable bonds is 2. The van der Waals surface area contributed by atoms with Crippen LogP contribution < -0.4 is 10.6 Å². The third-order valence-corrected chi connectivity index (χ3v) is 3.97. The molecule has 6 nitrogen and oxygen atoms in total. The number of amides is 2. The van der Waals surface area contributed by atoms with E-state index in [9.17, 15) is 9.59 Å². The predicted octanol–water partition coefficient (Wildman–Crippen LogP) is 2.96. The summed E-state index contributed by atoms with van der Waals surface area (Å²) in [5, 5.41) is 13.5. The predicted molar refractivity (Wildman–Crippen MR) is 87.8 cm³/mol. The van der Waals surface area contributed by atoms with Crippen molar-refractivity contribution in [2.45, 2.75) is 6.42 Å². The monoisotopic (exact) mass is 326 g/mol. The average Bonchev–Trinajstić information content (AvgIpc) is 3.10. The van der Waals surface area contributed by atoms with Crippen molar-refractivity contribution in [3.8, 4) is 0 Å². The molecule has 0 aliphatic carbocycles. The number of nitrogens with one attached hydrogen (secondary N) is 3. The summed E-state index contributed by atoms with van der Waals surface area (Å²) in [6.45, 7) is 0. The standard InChI is InChI=1S/C16H11ClN4O2/c17-9-5-11(12-7-18-21-14(12)6-9)16(23)19-10-1-2-13-8(3-10)4-15(22)20-13/h1-3,5-7H,4H2,(H,18,21)(H,19,23)(H,20,22). The number of halogens is 1. The van der Waals surface area contributed by atoms with E-state index < -0.39 is 0 Å². The molecule has 0 saturated carbocycles. The van der Waals surface area contributed by atoms with Crippen LogP contribution >= 0.6 is 11.6 Å². The van der Waals surface area contributed by atoms with Gasteiger partial charge in [0.15, 0.2) is 0 Å². The smallest absolute Gasteiger partial charge is 0.256 e. The second-order valence-electron chi connectivity index (χ2n) is 5.34. The number of carbonyl (C=O) groups excluding carboxylic acids is 2. The van der Waals surface area contributed by atoms with Gasteiger partial charge in [-0.3, -0.25) is 14.7 Å². The first-order valence-electron chi connectivity index (χ1n) is 6.97. The van der Waals surface area contributed by atoms with Crippen molar-refractivity contribution in [3.63, 3.8) is 0 Å². The van der Waals surface area contributed by atoms with Crippen LogP contribution in [0.25, 0.3) is 10.9 Å². The Bertz CT molecular complexity index is 964. The quantitative estimate of drug-likeness (QED) is 0.676. The number of aromatic nitrogens is 2. The van der Waals surface area contributed by atoms with E-state index in [0.29, 0.717) is 33.6 Å². The zero-order valence-electron chi connectivity index (χ0n) is 11.8. The summed E-state index contributed by atoms with van der Waals surface area (Å²) in [6.07, 6.45) is 1.91. The van der Waals surface area contributed by atoms with E-state index in [2.05, 4.69) is 20.8 Å². The Morgan fingerprint density at radius 3 is 3.00 bits per heavy atom. The maximum Gasteiger partial charge on any atom is 0.256 e. The van der Waals surface area contributed by atoms with Crippen molar-refractivity contribution in [1.82, 2.24) is 10.2 Å².